The minimum absolute atomic E-state index is 0.00701. The number of hydrogen-bond donors (Lipinski definition) is 2. The van der Waals surface area contributed by atoms with Gasteiger partial charge in [-0.25, -0.2) is 4.79 Å². The monoisotopic (exact) mass is 264 g/mol. The van der Waals surface area contributed by atoms with Crippen molar-refractivity contribution in [2.24, 2.45) is 0 Å². The fraction of sp³-hybridized carbons (Fsp3) is 0.385. The molecule has 0 bridgehead atoms. The average Bonchev–Trinajstić information content (AvgIpc) is 2.78. The second kappa shape index (κ2) is 5.60. The lowest BCUT2D eigenvalue weighted by atomic mass is 10.2. The van der Waals surface area contributed by atoms with E-state index in [1.165, 1.54) is 0 Å². The topological polar surface area (TPSA) is 76.7 Å². The Kier molecular flexibility index (Phi) is 3.89. The third-order valence-electron chi connectivity index (χ3n) is 2.50. The maximum absolute atomic E-state index is 11.9. The summed E-state index contributed by atoms with van der Waals surface area (Å²) in [6, 6.07) is 6.48. The molecule has 2 rings (SSSR count). The number of alkyl carbamates (subject to hydrolysis) is 1. The van der Waals surface area contributed by atoms with Gasteiger partial charge in [0.2, 0.25) is 0 Å². The molecule has 0 aromatic heterocycles. The van der Waals surface area contributed by atoms with E-state index in [1.807, 2.05) is 19.9 Å². The Morgan fingerprint density at radius 3 is 2.84 bits per heavy atom. The van der Waals surface area contributed by atoms with Gasteiger partial charge in [0.05, 0.1) is 11.8 Å². The number of ether oxygens (including phenoxy) is 2. The van der Waals surface area contributed by atoms with Crippen LogP contribution in [0.25, 0.3) is 0 Å². The van der Waals surface area contributed by atoms with E-state index < -0.39 is 12.1 Å². The van der Waals surface area contributed by atoms with Gasteiger partial charge < -0.3 is 20.1 Å². The summed E-state index contributed by atoms with van der Waals surface area (Å²) in [4.78, 5) is 22.8. The molecule has 0 radical (unpaired) electrons. The van der Waals surface area contributed by atoms with E-state index in [2.05, 4.69) is 15.4 Å². The second-order valence-electron chi connectivity index (χ2n) is 4.45. The van der Waals surface area contributed by atoms with Crippen LogP contribution in [0, 0.1) is 0 Å². The maximum Gasteiger partial charge on any atom is 0.407 e. The molecule has 6 heteroatoms. The lowest BCUT2D eigenvalue weighted by Crippen LogP contribution is -2.38. The van der Waals surface area contributed by atoms with E-state index >= 15 is 0 Å². The first-order chi connectivity index (χ1) is 9.06. The molecule has 2 amide bonds. The van der Waals surface area contributed by atoms with Crippen molar-refractivity contribution in [3.8, 4) is 5.75 Å². The van der Waals surface area contributed by atoms with Crippen LogP contribution < -0.4 is 15.4 Å². The number of para-hydroxylation sites is 2. The third-order valence-corrected chi connectivity index (χ3v) is 2.50. The molecule has 1 unspecified atom stereocenters. The molecule has 1 aliphatic rings. The smallest absolute Gasteiger partial charge is 0.407 e. The van der Waals surface area contributed by atoms with E-state index in [-0.39, 0.29) is 18.6 Å². The molecular formula is C13H16N2O4. The summed E-state index contributed by atoms with van der Waals surface area (Å²) in [5.41, 5.74) is 0.572. The fourth-order valence-electron chi connectivity index (χ4n) is 1.67. The molecular weight excluding hydrogens is 248 g/mol. The molecule has 1 fully saturated rings. The predicted molar refractivity (Wildman–Crippen MR) is 69.1 cm³/mol. The maximum atomic E-state index is 11.9. The number of amides is 2. The van der Waals surface area contributed by atoms with E-state index in [0.717, 1.165) is 0 Å². The minimum Gasteiger partial charge on any atom is -0.489 e. The first kappa shape index (κ1) is 13.2. The summed E-state index contributed by atoms with van der Waals surface area (Å²) in [5.74, 6) is 0.266. The molecule has 6 nitrogen and oxygen atoms in total. The van der Waals surface area contributed by atoms with E-state index in [1.54, 1.807) is 18.2 Å². The van der Waals surface area contributed by atoms with Crippen LogP contribution in [0.5, 0.6) is 5.75 Å². The van der Waals surface area contributed by atoms with Crippen molar-refractivity contribution in [1.82, 2.24) is 5.32 Å². The van der Waals surface area contributed by atoms with Crippen LogP contribution in [-0.4, -0.2) is 30.8 Å². The number of carbonyl (C=O) groups excluding carboxylic acids is 2. The molecule has 1 heterocycles. The van der Waals surface area contributed by atoms with Crippen LogP contribution in [0.2, 0.25) is 0 Å². The summed E-state index contributed by atoms with van der Waals surface area (Å²) < 4.78 is 10.3. The number of benzene rings is 1. The molecule has 1 aromatic carbocycles. The summed E-state index contributed by atoms with van der Waals surface area (Å²) in [6.07, 6.45) is -0.570. The van der Waals surface area contributed by atoms with Crippen LogP contribution in [0.1, 0.15) is 13.8 Å². The molecule has 19 heavy (non-hydrogen) atoms. The highest BCUT2D eigenvalue weighted by atomic mass is 16.6. The minimum atomic E-state index is -0.667. The molecule has 0 aliphatic carbocycles. The third kappa shape index (κ3) is 3.37. The molecule has 0 saturated carbocycles. The highest BCUT2D eigenvalue weighted by Gasteiger charge is 2.29. The highest BCUT2D eigenvalue weighted by molar-refractivity contribution is 5.98. The first-order valence-electron chi connectivity index (χ1n) is 6.06. The van der Waals surface area contributed by atoms with E-state index in [9.17, 15) is 9.59 Å². The van der Waals surface area contributed by atoms with Gasteiger partial charge in [-0.05, 0) is 26.0 Å². The number of hydrogen-bond acceptors (Lipinski definition) is 4. The molecule has 102 valence electrons. The lowest BCUT2D eigenvalue weighted by molar-refractivity contribution is -0.117. The summed E-state index contributed by atoms with van der Waals surface area (Å²) >= 11 is 0. The number of anilines is 1. The molecule has 0 spiro atoms. The summed E-state index contributed by atoms with van der Waals surface area (Å²) in [7, 11) is 0. The van der Waals surface area contributed by atoms with Crippen LogP contribution in [-0.2, 0) is 9.53 Å². The Labute approximate surface area is 111 Å². The van der Waals surface area contributed by atoms with Crippen molar-refractivity contribution < 1.29 is 19.1 Å². The van der Waals surface area contributed by atoms with Crippen molar-refractivity contribution in [2.45, 2.75) is 26.0 Å². The van der Waals surface area contributed by atoms with Crippen molar-refractivity contribution in [1.29, 1.82) is 0 Å². The number of carbonyl (C=O) groups is 2. The van der Waals surface area contributed by atoms with Gasteiger partial charge in [-0.1, -0.05) is 12.1 Å². The largest absolute Gasteiger partial charge is 0.489 e. The predicted octanol–water partition coefficient (Wildman–Crippen LogP) is 1.52. The van der Waals surface area contributed by atoms with Crippen molar-refractivity contribution >= 4 is 17.7 Å². The van der Waals surface area contributed by atoms with Crippen molar-refractivity contribution in [3.63, 3.8) is 0 Å². The number of rotatable bonds is 4. The van der Waals surface area contributed by atoms with Crippen LogP contribution in [0.15, 0.2) is 24.3 Å². The summed E-state index contributed by atoms with van der Waals surface area (Å²) in [6.45, 7) is 3.85. The summed E-state index contributed by atoms with van der Waals surface area (Å²) in [5, 5.41) is 5.14. The van der Waals surface area contributed by atoms with Crippen LogP contribution in [0.3, 0.4) is 0 Å². The molecule has 1 atom stereocenters. The Balaban J connectivity index is 2.06. The zero-order chi connectivity index (χ0) is 13.8. The normalized spacial score (nSPS) is 17.8. The number of cyclic esters (lactones) is 1. The molecule has 1 aliphatic heterocycles. The van der Waals surface area contributed by atoms with E-state index in [4.69, 9.17) is 4.74 Å². The molecule has 1 aromatic rings. The van der Waals surface area contributed by atoms with Gasteiger partial charge in [-0.2, -0.15) is 0 Å². The van der Waals surface area contributed by atoms with Gasteiger partial charge in [0, 0.05) is 0 Å². The van der Waals surface area contributed by atoms with Crippen molar-refractivity contribution in [3.05, 3.63) is 24.3 Å². The molecule has 1 saturated heterocycles. The quantitative estimate of drug-likeness (QED) is 0.864. The standard InChI is InChI=1S/C13H16N2O4/c1-8(2)19-11-6-4-3-5-9(11)14-12(16)10-7-18-13(17)15-10/h3-6,8,10H,7H2,1-2H3,(H,14,16)(H,15,17). The fourth-order valence-corrected chi connectivity index (χ4v) is 1.67. The Morgan fingerprint density at radius 1 is 1.47 bits per heavy atom. The van der Waals surface area contributed by atoms with Gasteiger partial charge in [-0.3, -0.25) is 4.79 Å². The Bertz CT molecular complexity index is 487. The lowest BCUT2D eigenvalue weighted by Gasteiger charge is -2.15. The zero-order valence-electron chi connectivity index (χ0n) is 10.8. The van der Waals surface area contributed by atoms with Gasteiger partial charge in [0.25, 0.3) is 5.91 Å². The molecule has 2 N–H and O–H groups in total. The van der Waals surface area contributed by atoms with Gasteiger partial charge in [0.15, 0.2) is 0 Å². The van der Waals surface area contributed by atoms with E-state index in [0.29, 0.717) is 11.4 Å². The highest BCUT2D eigenvalue weighted by Crippen LogP contribution is 2.25. The van der Waals surface area contributed by atoms with Gasteiger partial charge in [-0.15, -0.1) is 0 Å². The number of nitrogens with one attached hydrogen (secondary N) is 2. The Morgan fingerprint density at radius 2 is 2.21 bits per heavy atom. The van der Waals surface area contributed by atoms with Crippen LogP contribution >= 0.6 is 0 Å². The van der Waals surface area contributed by atoms with Gasteiger partial charge >= 0.3 is 6.09 Å². The van der Waals surface area contributed by atoms with Crippen molar-refractivity contribution in [2.75, 3.05) is 11.9 Å². The second-order valence-corrected chi connectivity index (χ2v) is 4.45. The average molecular weight is 264 g/mol. The SMILES string of the molecule is CC(C)Oc1ccccc1NC(=O)C1COC(=O)N1. The van der Waals surface area contributed by atoms with Gasteiger partial charge in [0.1, 0.15) is 18.4 Å². The Hall–Kier alpha value is -2.24. The first-order valence-corrected chi connectivity index (χ1v) is 6.06. The van der Waals surface area contributed by atoms with Crippen LogP contribution in [0.4, 0.5) is 10.5 Å². The zero-order valence-corrected chi connectivity index (χ0v) is 10.8.